The highest BCUT2D eigenvalue weighted by Crippen LogP contribution is 1.78. The molecule has 0 aromatic rings. The highest BCUT2D eigenvalue weighted by atomic mass is 32.2. The highest BCUT2D eigenvalue weighted by molar-refractivity contribution is 7.72. The van der Waals surface area contributed by atoms with E-state index in [0.29, 0.717) is 0 Å². The maximum atomic E-state index is 10.7. The second kappa shape index (κ2) is 2.78. The first-order chi connectivity index (χ1) is 4.72. The summed E-state index contributed by atoms with van der Waals surface area (Å²) in [4.78, 5) is -0.178. The van der Waals surface area contributed by atoms with Gasteiger partial charge in [0.2, 0.25) is 0 Å². The fraction of sp³-hybridized carbons (Fsp3) is 0. The third-order valence-corrected chi connectivity index (χ3v) is 1.73. The fourth-order valence-corrected chi connectivity index (χ4v) is 1.01. The zero-order valence-electron chi connectivity index (χ0n) is 4.94. The number of hydrogen-bond donors (Lipinski definition) is 1. The van der Waals surface area contributed by atoms with E-state index < -0.39 is 15.4 Å². The lowest BCUT2D eigenvalue weighted by Crippen LogP contribution is -3.05. The van der Waals surface area contributed by atoms with Crippen LogP contribution >= 0.6 is 0 Å². The number of nitrogens with one attached hydrogen (secondary N) is 1. The van der Waals surface area contributed by atoms with Gasteiger partial charge < -0.3 is 10.3 Å². The van der Waals surface area contributed by atoms with E-state index in [-0.39, 0.29) is 4.99 Å². The summed E-state index contributed by atoms with van der Waals surface area (Å²) in [5.41, 5.74) is 0. The van der Waals surface area contributed by atoms with Crippen molar-refractivity contribution < 1.29 is 13.5 Å². The molecule has 5 heteroatoms. The van der Waals surface area contributed by atoms with Crippen LogP contribution in [0.4, 0.5) is 0 Å². The molecule has 0 aromatic carbocycles. The van der Waals surface area contributed by atoms with Crippen LogP contribution in [0, 0.1) is 5.21 Å². The Bertz CT molecular complexity index is 304. The molecule has 54 valence electrons. The van der Waals surface area contributed by atoms with Gasteiger partial charge in [0.15, 0.2) is 0 Å². The SMILES string of the molecule is O=S(=O)=C1C=CC=C[NH+]1[O-]. The summed E-state index contributed by atoms with van der Waals surface area (Å²) in [6.45, 7) is 0. The van der Waals surface area contributed by atoms with Crippen molar-refractivity contribution in [2.75, 3.05) is 0 Å². The van der Waals surface area contributed by atoms with Crippen LogP contribution in [0.3, 0.4) is 0 Å². The molecule has 4 nitrogen and oxygen atoms in total. The average Bonchev–Trinajstić information content (AvgIpc) is 1.88. The molecule has 0 aliphatic carbocycles. The van der Waals surface area contributed by atoms with Crippen molar-refractivity contribution >= 4 is 15.3 Å². The highest BCUT2D eigenvalue weighted by Gasteiger charge is 2.05. The van der Waals surface area contributed by atoms with Gasteiger partial charge in [0, 0.05) is 6.08 Å². The van der Waals surface area contributed by atoms with Crippen molar-refractivity contribution in [2.24, 2.45) is 0 Å². The standard InChI is InChI=1S/C5H5NO3S/c7-6-4-2-1-3-5(6)10(8)9/h1-4,6H. The molecular formula is C5H5NO3S. The van der Waals surface area contributed by atoms with E-state index in [9.17, 15) is 13.6 Å². The van der Waals surface area contributed by atoms with Crippen LogP contribution in [0.2, 0.25) is 0 Å². The number of allylic oxidation sites excluding steroid dienone is 2. The van der Waals surface area contributed by atoms with E-state index >= 15 is 0 Å². The van der Waals surface area contributed by atoms with Crippen LogP contribution in [0.5, 0.6) is 0 Å². The second-order valence-electron chi connectivity index (χ2n) is 1.68. The maximum absolute atomic E-state index is 10.7. The van der Waals surface area contributed by atoms with Crippen LogP contribution < -0.4 is 5.06 Å². The minimum Gasteiger partial charge on any atom is -0.623 e. The first-order valence-electron chi connectivity index (χ1n) is 2.57. The molecule has 0 fully saturated rings. The molecule has 0 amide bonds. The van der Waals surface area contributed by atoms with Crippen molar-refractivity contribution in [3.05, 3.63) is 29.6 Å². The Morgan fingerprint density at radius 2 is 2.10 bits per heavy atom. The summed E-state index contributed by atoms with van der Waals surface area (Å²) < 4.78 is 20.4. The molecule has 1 rings (SSSR count). The smallest absolute Gasteiger partial charge is 0.276 e. The molecular weight excluding hydrogens is 154 g/mol. The molecule has 0 radical (unpaired) electrons. The molecule has 0 aromatic heterocycles. The normalized spacial score (nSPS) is 23.3. The molecule has 1 N–H and O–H groups in total. The van der Waals surface area contributed by atoms with Gasteiger partial charge in [-0.2, -0.15) is 8.42 Å². The Kier molecular flexibility index (Phi) is 2.00. The van der Waals surface area contributed by atoms with Crippen LogP contribution in [-0.4, -0.2) is 13.4 Å². The third kappa shape index (κ3) is 1.32. The molecule has 1 unspecified atom stereocenters. The Balaban J connectivity index is 3.15. The van der Waals surface area contributed by atoms with Gasteiger partial charge >= 0.3 is 0 Å². The molecule has 0 saturated heterocycles. The van der Waals surface area contributed by atoms with Crippen molar-refractivity contribution in [1.82, 2.24) is 0 Å². The molecule has 1 aliphatic heterocycles. The summed E-state index contributed by atoms with van der Waals surface area (Å²) in [6, 6.07) is 0. The number of hydroxylamine groups is 2. The van der Waals surface area contributed by atoms with Crippen LogP contribution in [0.1, 0.15) is 0 Å². The first kappa shape index (κ1) is 7.20. The largest absolute Gasteiger partial charge is 0.623 e. The minimum absolute atomic E-state index is 0.178. The van der Waals surface area contributed by atoms with E-state index in [1.54, 1.807) is 0 Å². The maximum Gasteiger partial charge on any atom is 0.276 e. The van der Waals surface area contributed by atoms with E-state index in [4.69, 9.17) is 0 Å². The van der Waals surface area contributed by atoms with Crippen molar-refractivity contribution in [2.45, 2.75) is 0 Å². The lowest BCUT2D eigenvalue weighted by Gasteiger charge is -2.15. The summed E-state index contributed by atoms with van der Waals surface area (Å²) in [6.07, 6.45) is 5.49. The zero-order chi connectivity index (χ0) is 7.56. The van der Waals surface area contributed by atoms with Gasteiger partial charge in [0.05, 0.1) is 0 Å². The summed E-state index contributed by atoms with van der Waals surface area (Å²) >= 11 is 0. The quantitative estimate of drug-likeness (QED) is 0.344. The predicted molar refractivity (Wildman–Crippen MR) is 36.5 cm³/mol. The Morgan fingerprint density at radius 1 is 1.40 bits per heavy atom. The van der Waals surface area contributed by atoms with Crippen molar-refractivity contribution in [3.63, 3.8) is 0 Å². The van der Waals surface area contributed by atoms with Gasteiger partial charge in [-0.3, -0.25) is 0 Å². The fourth-order valence-electron chi connectivity index (χ4n) is 0.588. The second-order valence-corrected chi connectivity index (χ2v) is 2.59. The van der Waals surface area contributed by atoms with Gasteiger partial charge in [-0.1, -0.05) is 0 Å². The Hall–Kier alpha value is -0.910. The Labute approximate surface area is 59.2 Å². The molecule has 1 heterocycles. The number of rotatable bonds is 0. The monoisotopic (exact) mass is 159 g/mol. The number of hydrogen-bond acceptors (Lipinski definition) is 3. The van der Waals surface area contributed by atoms with Gasteiger partial charge in [-0.25, -0.2) is 0 Å². The lowest BCUT2D eigenvalue weighted by atomic mass is 10.4. The van der Waals surface area contributed by atoms with Crippen LogP contribution in [0.15, 0.2) is 24.4 Å². The van der Waals surface area contributed by atoms with Crippen LogP contribution in [0.25, 0.3) is 0 Å². The summed E-state index contributed by atoms with van der Waals surface area (Å²) in [5, 5.41) is 10.2. The molecule has 0 saturated carbocycles. The lowest BCUT2D eigenvalue weighted by molar-refractivity contribution is -0.679. The van der Waals surface area contributed by atoms with Gasteiger partial charge in [-0.15, -0.1) is 0 Å². The molecule has 1 atom stereocenters. The van der Waals surface area contributed by atoms with Crippen molar-refractivity contribution in [1.29, 1.82) is 0 Å². The third-order valence-electron chi connectivity index (χ3n) is 1.03. The number of quaternary nitrogens is 1. The minimum atomic E-state index is -2.40. The van der Waals surface area contributed by atoms with Crippen molar-refractivity contribution in [3.8, 4) is 0 Å². The molecule has 10 heavy (non-hydrogen) atoms. The predicted octanol–water partition coefficient (Wildman–Crippen LogP) is -1.54. The average molecular weight is 159 g/mol. The van der Waals surface area contributed by atoms with Gasteiger partial charge in [0.1, 0.15) is 6.20 Å². The topological polar surface area (TPSA) is 61.6 Å². The summed E-state index contributed by atoms with van der Waals surface area (Å²) in [7, 11) is -2.40. The van der Waals surface area contributed by atoms with E-state index in [2.05, 4.69) is 0 Å². The Morgan fingerprint density at radius 3 is 2.50 bits per heavy atom. The first-order valence-corrected chi connectivity index (χ1v) is 3.64. The van der Waals surface area contributed by atoms with E-state index in [1.807, 2.05) is 0 Å². The van der Waals surface area contributed by atoms with Gasteiger partial charge in [-0.05, 0) is 12.2 Å². The van der Waals surface area contributed by atoms with E-state index in [1.165, 1.54) is 24.4 Å². The molecule has 0 spiro atoms. The van der Waals surface area contributed by atoms with E-state index in [0.717, 1.165) is 0 Å². The molecule has 1 aliphatic rings. The van der Waals surface area contributed by atoms with Crippen LogP contribution in [-0.2, 0) is 10.3 Å². The zero-order valence-corrected chi connectivity index (χ0v) is 5.76. The molecule has 0 bridgehead atoms. The summed E-state index contributed by atoms with van der Waals surface area (Å²) in [5.74, 6) is 0. The van der Waals surface area contributed by atoms with Gasteiger partial charge in [0.25, 0.3) is 15.3 Å².